The first-order valence-corrected chi connectivity index (χ1v) is 7.74. The summed E-state index contributed by atoms with van der Waals surface area (Å²) in [5.41, 5.74) is 0.778. The molecule has 0 radical (unpaired) electrons. The van der Waals surface area contributed by atoms with Crippen LogP contribution in [0.4, 0.5) is 4.39 Å². The first kappa shape index (κ1) is 13.9. The summed E-state index contributed by atoms with van der Waals surface area (Å²) in [5.74, 6) is 0.389. The molecule has 1 heterocycles. The molecule has 1 aromatic rings. The van der Waals surface area contributed by atoms with Crippen LogP contribution < -0.4 is 4.74 Å². The van der Waals surface area contributed by atoms with Crippen molar-refractivity contribution in [2.24, 2.45) is 0 Å². The van der Waals surface area contributed by atoms with E-state index in [2.05, 4.69) is 0 Å². The lowest BCUT2D eigenvalue weighted by atomic mass is 9.83. The van der Waals surface area contributed by atoms with E-state index in [1.54, 1.807) is 13.0 Å². The summed E-state index contributed by atoms with van der Waals surface area (Å²) in [6.45, 7) is 2.29. The topological polar surface area (TPSA) is 18.5 Å². The summed E-state index contributed by atoms with van der Waals surface area (Å²) in [7, 11) is 0. The Balaban J connectivity index is 1.53. The van der Waals surface area contributed by atoms with Crippen molar-refractivity contribution < 1.29 is 13.9 Å². The molecule has 2 aliphatic rings. The van der Waals surface area contributed by atoms with Gasteiger partial charge in [-0.15, -0.1) is 0 Å². The molecule has 1 spiro atoms. The summed E-state index contributed by atoms with van der Waals surface area (Å²) in [6, 6.07) is 5.03. The van der Waals surface area contributed by atoms with Crippen LogP contribution in [0.3, 0.4) is 0 Å². The van der Waals surface area contributed by atoms with Crippen molar-refractivity contribution in [3.63, 3.8) is 0 Å². The quantitative estimate of drug-likeness (QED) is 0.816. The van der Waals surface area contributed by atoms with Crippen LogP contribution in [0.1, 0.15) is 50.5 Å². The molecule has 1 saturated heterocycles. The predicted octanol–water partition coefficient (Wildman–Crippen LogP) is 4.39. The average molecular weight is 278 g/mol. The molecule has 3 heteroatoms. The lowest BCUT2D eigenvalue weighted by Gasteiger charge is -2.33. The zero-order valence-electron chi connectivity index (χ0n) is 12.2. The van der Waals surface area contributed by atoms with Gasteiger partial charge in [-0.3, -0.25) is 0 Å². The summed E-state index contributed by atoms with van der Waals surface area (Å²) in [5, 5.41) is 0. The van der Waals surface area contributed by atoms with E-state index in [0.29, 0.717) is 17.9 Å². The van der Waals surface area contributed by atoms with Crippen molar-refractivity contribution >= 4 is 0 Å². The third-order valence-corrected chi connectivity index (χ3v) is 4.68. The molecule has 0 bridgehead atoms. The second-order valence-electron chi connectivity index (χ2n) is 6.24. The van der Waals surface area contributed by atoms with E-state index >= 15 is 0 Å². The van der Waals surface area contributed by atoms with E-state index in [4.69, 9.17) is 9.47 Å². The third kappa shape index (κ3) is 2.98. The van der Waals surface area contributed by atoms with Crippen LogP contribution in [-0.2, 0) is 4.74 Å². The van der Waals surface area contributed by atoms with Crippen molar-refractivity contribution in [3.8, 4) is 5.75 Å². The summed E-state index contributed by atoms with van der Waals surface area (Å²) in [4.78, 5) is 0. The minimum atomic E-state index is -0.210. The molecule has 2 nitrogen and oxygen atoms in total. The highest BCUT2D eigenvalue weighted by Gasteiger charge is 2.40. The maximum Gasteiger partial charge on any atom is 0.129 e. The molecule has 0 amide bonds. The van der Waals surface area contributed by atoms with E-state index in [1.807, 2.05) is 6.07 Å². The molecule has 1 atom stereocenters. The zero-order chi connectivity index (χ0) is 14.0. The predicted molar refractivity (Wildman–Crippen MR) is 76.6 cm³/mol. The number of hydrogen-bond donors (Lipinski definition) is 0. The van der Waals surface area contributed by atoms with Crippen LogP contribution in [-0.4, -0.2) is 18.3 Å². The van der Waals surface area contributed by atoms with Gasteiger partial charge in [0.2, 0.25) is 0 Å². The number of benzene rings is 1. The normalized spacial score (nSPS) is 25.0. The van der Waals surface area contributed by atoms with Gasteiger partial charge in [0.05, 0.1) is 11.7 Å². The molecular weight excluding hydrogens is 255 g/mol. The van der Waals surface area contributed by atoms with Crippen LogP contribution >= 0.6 is 0 Å². The van der Waals surface area contributed by atoms with Crippen LogP contribution in [0.25, 0.3) is 0 Å². The molecule has 0 aromatic heterocycles. The van der Waals surface area contributed by atoms with Gasteiger partial charge in [0, 0.05) is 6.07 Å². The molecule has 1 unspecified atom stereocenters. The minimum Gasteiger partial charge on any atom is -0.491 e. The van der Waals surface area contributed by atoms with E-state index < -0.39 is 0 Å². The summed E-state index contributed by atoms with van der Waals surface area (Å²) >= 11 is 0. The highest BCUT2D eigenvalue weighted by molar-refractivity contribution is 5.28. The first-order chi connectivity index (χ1) is 9.67. The van der Waals surface area contributed by atoms with Crippen molar-refractivity contribution in [1.82, 2.24) is 0 Å². The Bertz CT molecular complexity index is 466. The zero-order valence-corrected chi connectivity index (χ0v) is 12.2. The molecule has 1 aliphatic carbocycles. The summed E-state index contributed by atoms with van der Waals surface area (Å²) < 4.78 is 25.4. The van der Waals surface area contributed by atoms with Gasteiger partial charge in [0.15, 0.2) is 0 Å². The number of rotatable bonds is 3. The van der Waals surface area contributed by atoms with Gasteiger partial charge < -0.3 is 9.47 Å². The molecule has 0 N–H and O–H groups in total. The van der Waals surface area contributed by atoms with E-state index in [9.17, 15) is 4.39 Å². The van der Waals surface area contributed by atoms with Crippen molar-refractivity contribution in [2.45, 2.75) is 63.6 Å². The largest absolute Gasteiger partial charge is 0.491 e. The molecule has 1 aliphatic heterocycles. The number of hydrogen-bond acceptors (Lipinski definition) is 2. The third-order valence-electron chi connectivity index (χ3n) is 4.68. The Hall–Kier alpha value is -1.09. The molecule has 110 valence electrons. The maximum absolute atomic E-state index is 13.5. The van der Waals surface area contributed by atoms with Crippen molar-refractivity contribution in [1.29, 1.82) is 0 Å². The van der Waals surface area contributed by atoms with Gasteiger partial charge in [-0.1, -0.05) is 25.3 Å². The van der Waals surface area contributed by atoms with Crippen LogP contribution in [0.15, 0.2) is 18.2 Å². The fraction of sp³-hybridized carbons (Fsp3) is 0.647. The van der Waals surface area contributed by atoms with Crippen molar-refractivity contribution in [2.75, 3.05) is 6.61 Å². The van der Waals surface area contributed by atoms with Crippen LogP contribution in [0, 0.1) is 12.7 Å². The van der Waals surface area contributed by atoms with Gasteiger partial charge in [0.1, 0.15) is 18.2 Å². The molecule has 20 heavy (non-hydrogen) atoms. The van der Waals surface area contributed by atoms with Gasteiger partial charge in [0.25, 0.3) is 0 Å². The SMILES string of the molecule is Cc1ccc(OCC2CCC3(CCCCC3)O2)cc1F. The Morgan fingerprint density at radius 3 is 2.80 bits per heavy atom. The second kappa shape index (κ2) is 5.72. The van der Waals surface area contributed by atoms with Crippen LogP contribution in [0.2, 0.25) is 0 Å². The van der Waals surface area contributed by atoms with Crippen molar-refractivity contribution in [3.05, 3.63) is 29.6 Å². The molecular formula is C17H23FO2. The average Bonchev–Trinajstić information content (AvgIpc) is 2.84. The van der Waals surface area contributed by atoms with Gasteiger partial charge >= 0.3 is 0 Å². The molecule has 1 saturated carbocycles. The molecule has 2 fully saturated rings. The lowest BCUT2D eigenvalue weighted by molar-refractivity contribution is -0.0748. The smallest absolute Gasteiger partial charge is 0.129 e. The van der Waals surface area contributed by atoms with Crippen LogP contribution in [0.5, 0.6) is 5.75 Å². The first-order valence-electron chi connectivity index (χ1n) is 7.74. The Morgan fingerprint density at radius 1 is 1.25 bits per heavy atom. The fourth-order valence-corrected chi connectivity index (χ4v) is 3.43. The van der Waals surface area contributed by atoms with Gasteiger partial charge in [-0.25, -0.2) is 4.39 Å². The number of ether oxygens (including phenoxy) is 2. The number of halogens is 1. The Labute approximate surface area is 120 Å². The lowest BCUT2D eigenvalue weighted by Crippen LogP contribution is -2.32. The maximum atomic E-state index is 13.5. The molecule has 1 aromatic carbocycles. The fourth-order valence-electron chi connectivity index (χ4n) is 3.43. The van der Waals surface area contributed by atoms with E-state index in [0.717, 1.165) is 12.8 Å². The Kier molecular flexibility index (Phi) is 3.97. The highest BCUT2D eigenvalue weighted by Crippen LogP contribution is 2.41. The Morgan fingerprint density at radius 2 is 2.05 bits per heavy atom. The van der Waals surface area contributed by atoms with Gasteiger partial charge in [-0.05, 0) is 44.2 Å². The second-order valence-corrected chi connectivity index (χ2v) is 6.24. The van der Waals surface area contributed by atoms with E-state index in [1.165, 1.54) is 38.2 Å². The standard InChI is InChI=1S/C17H23FO2/c1-13-5-6-14(11-16(13)18)19-12-15-7-10-17(20-15)8-3-2-4-9-17/h5-6,11,15H,2-4,7-10,12H2,1H3. The minimum absolute atomic E-state index is 0.130. The van der Waals surface area contributed by atoms with Gasteiger partial charge in [-0.2, -0.15) is 0 Å². The monoisotopic (exact) mass is 278 g/mol. The van der Waals surface area contributed by atoms with E-state index in [-0.39, 0.29) is 17.5 Å². The highest BCUT2D eigenvalue weighted by atomic mass is 19.1. The summed E-state index contributed by atoms with van der Waals surface area (Å²) in [6.07, 6.45) is 8.70. The number of aryl methyl sites for hydroxylation is 1. The molecule has 3 rings (SSSR count).